The molecule has 0 saturated carbocycles. The smallest absolute Gasteiger partial charge is 0.0906 e. The van der Waals surface area contributed by atoms with E-state index >= 15 is 0 Å². The van der Waals surface area contributed by atoms with Crippen LogP contribution >= 0.6 is 11.6 Å². The van der Waals surface area contributed by atoms with Crippen LogP contribution in [0.15, 0.2) is 60.8 Å². The Labute approximate surface area is 207 Å². The molecule has 1 aliphatic carbocycles. The highest BCUT2D eigenvalue weighted by molar-refractivity contribution is 6.30. The van der Waals surface area contributed by atoms with Crippen molar-refractivity contribution in [3.8, 4) is 0 Å². The minimum absolute atomic E-state index is 0.214. The van der Waals surface area contributed by atoms with Gasteiger partial charge < -0.3 is 4.90 Å². The number of allylic oxidation sites excluding steroid dienone is 1. The highest BCUT2D eigenvalue weighted by atomic mass is 35.5. The van der Waals surface area contributed by atoms with Gasteiger partial charge in [-0.2, -0.15) is 0 Å². The van der Waals surface area contributed by atoms with Gasteiger partial charge in [-0.25, -0.2) is 0 Å². The summed E-state index contributed by atoms with van der Waals surface area (Å²) in [5.74, 6) is 0.680. The zero-order valence-electron chi connectivity index (χ0n) is 19.9. The second-order valence-electron chi connectivity index (χ2n) is 9.75. The van der Waals surface area contributed by atoms with Gasteiger partial charge in [0.2, 0.25) is 0 Å². The van der Waals surface area contributed by atoms with Crippen molar-refractivity contribution in [1.29, 1.82) is 0 Å². The van der Waals surface area contributed by atoms with Crippen molar-refractivity contribution >= 4 is 22.7 Å². The predicted octanol–water partition coefficient (Wildman–Crippen LogP) is 7.17. The molecule has 0 N–H and O–H groups in total. The standard InChI is InChI=1S/C30H32ClFN2/c1-21-16-26(31)18-33-30(21)28-9-4-7-24-6-2-3-8-27(24)29(28)25-12-10-22(11-13-25)17-23-19-34(20-23)15-5-14-32/h2-3,6,8,10-13,16,18,23H,4-5,7,9,14-15,17,19-20H2,1H3. The van der Waals surface area contributed by atoms with E-state index in [0.717, 1.165) is 56.6 Å². The van der Waals surface area contributed by atoms with Gasteiger partial charge in [0.15, 0.2) is 0 Å². The summed E-state index contributed by atoms with van der Waals surface area (Å²) >= 11 is 6.23. The monoisotopic (exact) mass is 474 g/mol. The normalized spacial score (nSPS) is 16.8. The lowest BCUT2D eigenvalue weighted by Gasteiger charge is -2.39. The maximum Gasteiger partial charge on any atom is 0.0906 e. The molecule has 0 bridgehead atoms. The highest BCUT2D eigenvalue weighted by Gasteiger charge is 2.26. The first-order valence-electron chi connectivity index (χ1n) is 12.4. The molecule has 2 heterocycles. The van der Waals surface area contributed by atoms with Gasteiger partial charge in [0.1, 0.15) is 0 Å². The summed E-state index contributed by atoms with van der Waals surface area (Å²) in [5, 5.41) is 0.682. The van der Waals surface area contributed by atoms with Crippen LogP contribution in [0.3, 0.4) is 0 Å². The van der Waals surface area contributed by atoms with Crippen molar-refractivity contribution in [1.82, 2.24) is 9.88 Å². The van der Waals surface area contributed by atoms with Crippen LogP contribution in [-0.2, 0) is 12.8 Å². The number of halogens is 2. The molecule has 0 atom stereocenters. The van der Waals surface area contributed by atoms with Gasteiger partial charge in [-0.05, 0) is 90.0 Å². The third-order valence-corrected chi connectivity index (χ3v) is 7.41. The number of fused-ring (bicyclic) bond motifs is 1. The van der Waals surface area contributed by atoms with E-state index in [1.165, 1.54) is 33.4 Å². The summed E-state index contributed by atoms with van der Waals surface area (Å²) in [5.41, 5.74) is 10.2. The molecule has 1 fully saturated rings. The number of hydrogen-bond donors (Lipinski definition) is 0. The van der Waals surface area contributed by atoms with Crippen LogP contribution in [0.2, 0.25) is 5.02 Å². The van der Waals surface area contributed by atoms with Crippen molar-refractivity contribution in [3.63, 3.8) is 0 Å². The van der Waals surface area contributed by atoms with Crippen molar-refractivity contribution in [2.24, 2.45) is 5.92 Å². The Kier molecular flexibility index (Phi) is 7.12. The fraction of sp³-hybridized carbons (Fsp3) is 0.367. The first-order valence-corrected chi connectivity index (χ1v) is 12.8. The number of pyridine rings is 1. The van der Waals surface area contributed by atoms with E-state index in [0.29, 0.717) is 17.4 Å². The molecule has 3 aromatic rings. The van der Waals surface area contributed by atoms with E-state index in [-0.39, 0.29) is 6.67 Å². The Morgan fingerprint density at radius 3 is 2.62 bits per heavy atom. The molecular formula is C30H32ClFN2. The van der Waals surface area contributed by atoms with Gasteiger partial charge in [-0.1, -0.05) is 60.1 Å². The largest absolute Gasteiger partial charge is 0.303 e. The zero-order chi connectivity index (χ0) is 23.5. The van der Waals surface area contributed by atoms with E-state index in [9.17, 15) is 4.39 Å². The minimum Gasteiger partial charge on any atom is -0.303 e. The summed E-state index contributed by atoms with van der Waals surface area (Å²) in [6, 6.07) is 20.0. The Hall–Kier alpha value is -2.49. The molecule has 4 heteroatoms. The van der Waals surface area contributed by atoms with Gasteiger partial charge in [-0.3, -0.25) is 9.37 Å². The van der Waals surface area contributed by atoms with Crippen LogP contribution < -0.4 is 0 Å². The molecule has 0 radical (unpaired) electrons. The van der Waals surface area contributed by atoms with Crippen LogP contribution in [0.5, 0.6) is 0 Å². The van der Waals surface area contributed by atoms with E-state index < -0.39 is 0 Å². The Balaban J connectivity index is 1.47. The Bertz CT molecular complexity index is 1180. The maximum absolute atomic E-state index is 12.4. The lowest BCUT2D eigenvalue weighted by molar-refractivity contribution is 0.0968. The number of aromatic nitrogens is 1. The average Bonchev–Trinajstić information content (AvgIpc) is 3.00. The van der Waals surface area contributed by atoms with Crippen LogP contribution in [0.1, 0.15) is 52.8 Å². The highest BCUT2D eigenvalue weighted by Crippen LogP contribution is 2.40. The second-order valence-corrected chi connectivity index (χ2v) is 10.2. The second kappa shape index (κ2) is 10.4. The van der Waals surface area contributed by atoms with Crippen LogP contribution in [-0.4, -0.2) is 36.2 Å². The van der Waals surface area contributed by atoms with Crippen LogP contribution in [0.25, 0.3) is 11.1 Å². The molecule has 0 spiro atoms. The summed E-state index contributed by atoms with van der Waals surface area (Å²) in [4.78, 5) is 7.14. The lowest BCUT2D eigenvalue weighted by atomic mass is 9.87. The van der Waals surface area contributed by atoms with E-state index in [1.54, 1.807) is 6.20 Å². The van der Waals surface area contributed by atoms with Crippen molar-refractivity contribution in [3.05, 3.63) is 99.3 Å². The van der Waals surface area contributed by atoms with E-state index in [1.807, 2.05) is 6.07 Å². The molecule has 1 aromatic heterocycles. The zero-order valence-corrected chi connectivity index (χ0v) is 20.6. The summed E-state index contributed by atoms with van der Waals surface area (Å²) < 4.78 is 12.4. The third kappa shape index (κ3) is 4.96. The molecule has 2 nitrogen and oxygen atoms in total. The molecule has 5 rings (SSSR count). The first-order chi connectivity index (χ1) is 16.6. The number of nitrogens with zero attached hydrogens (tertiary/aromatic N) is 2. The van der Waals surface area contributed by atoms with Crippen molar-refractivity contribution in [2.75, 3.05) is 26.3 Å². The molecule has 0 amide bonds. The first kappa shape index (κ1) is 23.3. The third-order valence-electron chi connectivity index (χ3n) is 7.20. The predicted molar refractivity (Wildman–Crippen MR) is 140 cm³/mol. The fourth-order valence-corrected chi connectivity index (χ4v) is 5.77. The van der Waals surface area contributed by atoms with Crippen molar-refractivity contribution < 1.29 is 4.39 Å². The number of aryl methyl sites for hydroxylation is 2. The molecule has 1 aliphatic heterocycles. The van der Waals surface area contributed by atoms with Gasteiger partial charge in [0.25, 0.3) is 0 Å². The number of rotatable bonds is 7. The van der Waals surface area contributed by atoms with Crippen molar-refractivity contribution in [2.45, 2.75) is 39.0 Å². The van der Waals surface area contributed by atoms with Gasteiger partial charge in [-0.15, -0.1) is 0 Å². The minimum atomic E-state index is -0.214. The van der Waals surface area contributed by atoms with Gasteiger partial charge in [0.05, 0.1) is 17.4 Å². The topological polar surface area (TPSA) is 16.1 Å². The van der Waals surface area contributed by atoms with Crippen LogP contribution in [0, 0.1) is 12.8 Å². The Morgan fingerprint density at radius 2 is 1.85 bits per heavy atom. The lowest BCUT2D eigenvalue weighted by Crippen LogP contribution is -2.47. The fourth-order valence-electron chi connectivity index (χ4n) is 5.56. The summed E-state index contributed by atoms with van der Waals surface area (Å²) in [6.45, 7) is 4.96. The van der Waals surface area contributed by atoms with Gasteiger partial charge in [0, 0.05) is 25.8 Å². The maximum atomic E-state index is 12.4. The molecule has 0 unspecified atom stereocenters. The van der Waals surface area contributed by atoms with E-state index in [2.05, 4.69) is 60.4 Å². The number of alkyl halides is 1. The molecule has 2 aromatic carbocycles. The number of benzene rings is 2. The summed E-state index contributed by atoms with van der Waals surface area (Å²) in [7, 11) is 0. The number of hydrogen-bond acceptors (Lipinski definition) is 2. The molecule has 34 heavy (non-hydrogen) atoms. The summed E-state index contributed by atoms with van der Waals surface area (Å²) in [6.07, 6.45) is 6.70. The van der Waals surface area contributed by atoms with Gasteiger partial charge >= 0.3 is 0 Å². The molecular weight excluding hydrogens is 443 g/mol. The number of likely N-dealkylation sites (tertiary alicyclic amines) is 1. The Morgan fingerprint density at radius 1 is 1.06 bits per heavy atom. The molecule has 1 saturated heterocycles. The van der Waals surface area contributed by atoms with E-state index in [4.69, 9.17) is 16.6 Å². The average molecular weight is 475 g/mol. The SMILES string of the molecule is Cc1cc(Cl)cnc1C1=C(c2ccc(CC3CN(CCCF)C3)cc2)c2ccccc2CCC1. The molecule has 2 aliphatic rings. The van der Waals surface area contributed by atoms with Crippen LogP contribution in [0.4, 0.5) is 4.39 Å². The quantitative estimate of drug-likeness (QED) is 0.360. The molecule has 176 valence electrons.